The molecular formula is C30H29F2N5O3S2. The van der Waals surface area contributed by atoms with Gasteiger partial charge in [-0.25, -0.2) is 17.2 Å². The molecule has 1 fully saturated rings. The highest BCUT2D eigenvalue weighted by molar-refractivity contribution is 7.92. The van der Waals surface area contributed by atoms with Gasteiger partial charge in [0.25, 0.3) is 15.9 Å². The van der Waals surface area contributed by atoms with Crippen LogP contribution in [0.25, 0.3) is 20.9 Å². The molecule has 2 aliphatic rings. The van der Waals surface area contributed by atoms with E-state index in [1.54, 1.807) is 12.3 Å². The average molecular weight is 610 g/mol. The maximum Gasteiger partial charge on any atom is 0.264 e. The van der Waals surface area contributed by atoms with Gasteiger partial charge in [0.05, 0.1) is 11.9 Å². The summed E-state index contributed by atoms with van der Waals surface area (Å²) in [5.41, 5.74) is 3.58. The molecule has 0 aliphatic carbocycles. The number of nitrogens with one attached hydrogen (secondary N) is 1. The van der Waals surface area contributed by atoms with E-state index in [2.05, 4.69) is 32.6 Å². The van der Waals surface area contributed by atoms with Crippen LogP contribution in [0.2, 0.25) is 0 Å². The zero-order chi connectivity index (χ0) is 29.4. The minimum Gasteiger partial charge on any atom is -0.333 e. The highest BCUT2D eigenvalue weighted by atomic mass is 32.2. The second-order valence-corrected chi connectivity index (χ2v) is 13.3. The van der Waals surface area contributed by atoms with Crippen LogP contribution in [0.1, 0.15) is 15.9 Å². The van der Waals surface area contributed by atoms with Crippen LogP contribution in [0, 0.1) is 11.6 Å². The number of hydrogen-bond donors (Lipinski definition) is 1. The molecule has 1 amide bonds. The molecule has 0 atom stereocenters. The van der Waals surface area contributed by atoms with E-state index in [1.807, 2.05) is 29.2 Å². The normalized spacial score (nSPS) is 16.2. The molecule has 0 bridgehead atoms. The summed E-state index contributed by atoms with van der Waals surface area (Å²) >= 11 is 1.51. The lowest BCUT2D eigenvalue weighted by Crippen LogP contribution is -2.47. The molecule has 6 rings (SSSR count). The van der Waals surface area contributed by atoms with E-state index < -0.39 is 26.6 Å². The summed E-state index contributed by atoms with van der Waals surface area (Å²) in [6.45, 7) is 6.31. The number of rotatable bonds is 8. The van der Waals surface area contributed by atoms with Gasteiger partial charge in [0, 0.05) is 79.0 Å². The third-order valence-electron chi connectivity index (χ3n) is 7.62. The number of carbonyl (C=O) groups is 1. The van der Waals surface area contributed by atoms with Crippen molar-refractivity contribution >= 4 is 33.0 Å². The lowest BCUT2D eigenvalue weighted by molar-refractivity contribution is 0.0738. The molecule has 2 aliphatic heterocycles. The average Bonchev–Trinajstić information content (AvgIpc) is 3.57. The minimum atomic E-state index is -4.29. The van der Waals surface area contributed by atoms with Gasteiger partial charge < -0.3 is 9.80 Å². The number of amides is 1. The summed E-state index contributed by atoms with van der Waals surface area (Å²) in [7, 11) is -2.16. The minimum absolute atomic E-state index is 0.0726. The number of halogens is 2. The van der Waals surface area contributed by atoms with Crippen LogP contribution in [0.5, 0.6) is 0 Å². The zero-order valence-electron chi connectivity index (χ0n) is 22.9. The highest BCUT2D eigenvalue weighted by Gasteiger charge is 2.28. The van der Waals surface area contributed by atoms with Gasteiger partial charge in [0.1, 0.15) is 16.5 Å². The topological polar surface area (TPSA) is 85.8 Å². The molecule has 0 radical (unpaired) electrons. The number of anilines is 1. The first-order valence-electron chi connectivity index (χ1n) is 13.5. The smallest absolute Gasteiger partial charge is 0.264 e. The van der Waals surface area contributed by atoms with Crippen molar-refractivity contribution in [2.45, 2.75) is 11.4 Å². The van der Waals surface area contributed by atoms with Crippen molar-refractivity contribution in [3.8, 4) is 20.9 Å². The Morgan fingerprint density at radius 3 is 2.43 bits per heavy atom. The lowest BCUT2D eigenvalue weighted by atomic mass is 10.1. The van der Waals surface area contributed by atoms with Crippen molar-refractivity contribution in [3.63, 3.8) is 0 Å². The highest BCUT2D eigenvalue weighted by Crippen LogP contribution is 2.37. The van der Waals surface area contributed by atoms with Gasteiger partial charge in [-0.05, 0) is 60.6 Å². The fourth-order valence-corrected chi connectivity index (χ4v) is 7.31. The first-order valence-corrected chi connectivity index (χ1v) is 15.8. The fourth-order valence-electron chi connectivity index (χ4n) is 5.23. The summed E-state index contributed by atoms with van der Waals surface area (Å²) in [5.74, 6) is -1.97. The van der Waals surface area contributed by atoms with Crippen LogP contribution in [0.3, 0.4) is 0 Å². The molecule has 1 N–H and O–H groups in total. The number of pyridine rings is 1. The number of nitrogens with zero attached hydrogens (tertiary/aromatic N) is 4. The SMILES string of the molecule is CN1CCN(CCN2Cc3cc(-c4ccc(-c5cncc(NS(=O)(=O)c6ccc(F)cc6F)c5)s4)ccc3C2=O)CC1. The molecule has 2 aromatic heterocycles. The quantitative estimate of drug-likeness (QED) is 0.310. The van der Waals surface area contributed by atoms with Gasteiger partial charge in [0.15, 0.2) is 0 Å². The van der Waals surface area contributed by atoms with E-state index in [-0.39, 0.29) is 11.6 Å². The van der Waals surface area contributed by atoms with Gasteiger partial charge in [-0.15, -0.1) is 11.3 Å². The van der Waals surface area contributed by atoms with Gasteiger partial charge in [-0.3, -0.25) is 19.4 Å². The molecule has 0 unspecified atom stereocenters. The predicted molar refractivity (Wildman–Crippen MR) is 159 cm³/mol. The Bertz CT molecular complexity index is 1750. The Hall–Kier alpha value is -3.71. The molecule has 218 valence electrons. The van der Waals surface area contributed by atoms with Crippen LogP contribution in [0.4, 0.5) is 14.5 Å². The Kier molecular flexibility index (Phi) is 7.79. The van der Waals surface area contributed by atoms with E-state index in [0.29, 0.717) is 24.7 Å². The fraction of sp³-hybridized carbons (Fsp3) is 0.267. The molecule has 4 heterocycles. The zero-order valence-corrected chi connectivity index (χ0v) is 24.5. The maximum atomic E-state index is 14.1. The summed E-state index contributed by atoms with van der Waals surface area (Å²) in [6.07, 6.45) is 2.94. The number of aromatic nitrogens is 1. The third-order valence-corrected chi connectivity index (χ3v) is 10.2. The number of thiophene rings is 1. The Labute approximate surface area is 247 Å². The van der Waals surface area contributed by atoms with Crippen LogP contribution in [-0.2, 0) is 16.6 Å². The standard InChI is InChI=1S/C30H29F2N5O3S2/c1-35-8-10-36(11-9-35)12-13-37-19-22-14-20(2-4-25(22)30(37)38)27-5-6-28(41-27)21-15-24(18-33-17-21)34-42(39,40)29-7-3-23(31)16-26(29)32/h2-7,14-18,34H,8-13,19H2,1H3. The predicted octanol–water partition coefficient (Wildman–Crippen LogP) is 4.76. The maximum absolute atomic E-state index is 14.1. The number of hydrogen-bond acceptors (Lipinski definition) is 7. The van der Waals surface area contributed by atoms with Crippen LogP contribution < -0.4 is 4.72 Å². The number of carbonyl (C=O) groups excluding carboxylic acids is 1. The van der Waals surface area contributed by atoms with E-state index in [1.165, 1.54) is 17.5 Å². The van der Waals surface area contributed by atoms with E-state index in [0.717, 1.165) is 71.3 Å². The van der Waals surface area contributed by atoms with Crippen molar-refractivity contribution in [1.29, 1.82) is 0 Å². The molecule has 1 saturated heterocycles. The first kappa shape index (κ1) is 28.4. The summed E-state index contributed by atoms with van der Waals surface area (Å²) in [6, 6.07) is 13.7. The van der Waals surface area contributed by atoms with Crippen molar-refractivity contribution < 1.29 is 22.0 Å². The number of piperazine rings is 1. The molecule has 42 heavy (non-hydrogen) atoms. The third kappa shape index (κ3) is 5.93. The Morgan fingerprint density at radius 1 is 0.905 bits per heavy atom. The molecule has 4 aromatic rings. The van der Waals surface area contributed by atoms with E-state index >= 15 is 0 Å². The first-order chi connectivity index (χ1) is 20.2. The van der Waals surface area contributed by atoms with Crippen molar-refractivity contribution in [1.82, 2.24) is 19.7 Å². The van der Waals surface area contributed by atoms with Crippen LogP contribution in [0.15, 0.2) is 71.9 Å². The van der Waals surface area contributed by atoms with Crippen molar-refractivity contribution in [3.05, 3.63) is 89.8 Å². The van der Waals surface area contributed by atoms with E-state index in [9.17, 15) is 22.0 Å². The summed E-state index contributed by atoms with van der Waals surface area (Å²) in [5, 5.41) is 0. The number of likely N-dealkylation sites (N-methyl/N-ethyl adjacent to an activating group) is 1. The second-order valence-electron chi connectivity index (χ2n) is 10.5. The van der Waals surface area contributed by atoms with Gasteiger partial charge in [-0.2, -0.15) is 0 Å². The van der Waals surface area contributed by atoms with Gasteiger partial charge in [-0.1, -0.05) is 6.07 Å². The monoisotopic (exact) mass is 609 g/mol. The molecule has 8 nitrogen and oxygen atoms in total. The summed E-state index contributed by atoms with van der Waals surface area (Å²) < 4.78 is 55.1. The van der Waals surface area contributed by atoms with Crippen molar-refractivity contribution in [2.75, 3.05) is 51.0 Å². The molecular weight excluding hydrogens is 580 g/mol. The number of sulfonamides is 1. The Morgan fingerprint density at radius 2 is 1.67 bits per heavy atom. The van der Waals surface area contributed by atoms with Crippen LogP contribution >= 0.6 is 11.3 Å². The van der Waals surface area contributed by atoms with Crippen molar-refractivity contribution in [2.24, 2.45) is 0 Å². The summed E-state index contributed by atoms with van der Waals surface area (Å²) in [4.78, 5) is 25.0. The van der Waals surface area contributed by atoms with Gasteiger partial charge >= 0.3 is 0 Å². The van der Waals surface area contributed by atoms with E-state index in [4.69, 9.17) is 0 Å². The van der Waals surface area contributed by atoms with Gasteiger partial charge in [0.2, 0.25) is 0 Å². The molecule has 12 heteroatoms. The molecule has 0 saturated carbocycles. The second kappa shape index (κ2) is 11.5. The number of fused-ring (bicyclic) bond motifs is 1. The molecule has 2 aromatic carbocycles. The largest absolute Gasteiger partial charge is 0.333 e. The number of benzene rings is 2. The Balaban J connectivity index is 1.15. The molecule has 0 spiro atoms. The van der Waals surface area contributed by atoms with Crippen LogP contribution in [-0.4, -0.2) is 80.3 Å². The lowest BCUT2D eigenvalue weighted by Gasteiger charge is -2.33.